The molecule has 0 aliphatic carbocycles. The van der Waals surface area contributed by atoms with Crippen LogP contribution in [0.2, 0.25) is 0 Å². The van der Waals surface area contributed by atoms with Crippen LogP contribution < -0.4 is 0 Å². The lowest BCUT2D eigenvalue weighted by Crippen LogP contribution is -2.52. The molecule has 0 bridgehead atoms. The Morgan fingerprint density at radius 2 is 1.29 bits per heavy atom. The molecule has 0 aromatic heterocycles. The van der Waals surface area contributed by atoms with Gasteiger partial charge >= 0.3 is 18.0 Å². The van der Waals surface area contributed by atoms with Gasteiger partial charge < -0.3 is 0 Å². The molecule has 0 atom stereocenters. The molecule has 0 N–H and O–H groups in total. The Hall–Kier alpha value is -0.890. The van der Waals surface area contributed by atoms with E-state index in [1.807, 2.05) is 0 Å². The molecule has 14 heavy (non-hydrogen) atoms. The number of hydrogen-bond donors (Lipinski definition) is 0. The molecule has 0 rings (SSSR count). The van der Waals surface area contributed by atoms with Crippen molar-refractivity contribution in [3.05, 3.63) is 0 Å². The highest BCUT2D eigenvalue weighted by Gasteiger charge is 2.69. The van der Waals surface area contributed by atoms with Gasteiger partial charge in [0.2, 0.25) is 0 Å². The van der Waals surface area contributed by atoms with Gasteiger partial charge in [0.05, 0.1) is 0 Å². The Kier molecular flexibility index (Phi) is 3.14. The highest BCUT2D eigenvalue weighted by molar-refractivity contribution is 5.92. The Labute approximate surface area is 71.7 Å². The third-order valence-electron chi connectivity index (χ3n) is 1.14. The predicted octanol–water partition coefficient (Wildman–Crippen LogP) is 2.36. The van der Waals surface area contributed by atoms with Crippen LogP contribution in [0.1, 0.15) is 0 Å². The van der Waals surface area contributed by atoms with Gasteiger partial charge in [0.1, 0.15) is 0 Å². The number of carbonyl (C=O) groups is 1. The summed E-state index contributed by atoms with van der Waals surface area (Å²) in [5.41, 5.74) is 0. The van der Waals surface area contributed by atoms with E-state index in [0.29, 0.717) is 0 Å². The highest BCUT2D eigenvalue weighted by Crippen LogP contribution is 2.40. The lowest BCUT2D eigenvalue weighted by Gasteiger charge is -2.21. The normalized spacial score (nSPS) is 14.3. The summed E-state index contributed by atoms with van der Waals surface area (Å²) in [5.74, 6) is -15.4. The maximum atomic E-state index is 11.9. The molecule has 9 heteroatoms. The minimum absolute atomic E-state index is 2.91. The van der Waals surface area contributed by atoms with Crippen LogP contribution in [0.4, 0.5) is 35.1 Å². The van der Waals surface area contributed by atoms with Crippen molar-refractivity contribution in [1.29, 1.82) is 0 Å². The van der Waals surface area contributed by atoms with Gasteiger partial charge in [-0.1, -0.05) is 0 Å². The second-order valence-electron chi connectivity index (χ2n) is 2.24. The van der Waals surface area contributed by atoms with E-state index in [0.717, 1.165) is 0 Å². The zero-order valence-corrected chi connectivity index (χ0v) is 6.14. The van der Waals surface area contributed by atoms with Crippen molar-refractivity contribution in [2.75, 3.05) is 6.67 Å². The van der Waals surface area contributed by atoms with Crippen molar-refractivity contribution in [2.45, 2.75) is 18.0 Å². The molecule has 0 amide bonds. The van der Waals surface area contributed by atoms with Crippen LogP contribution in [-0.4, -0.2) is 30.5 Å². The average Bonchev–Trinajstić information content (AvgIpc) is 2.01. The first-order chi connectivity index (χ1) is 5.97. The Morgan fingerprint density at radius 1 is 0.929 bits per heavy atom. The molecule has 0 aliphatic rings. The van der Waals surface area contributed by atoms with Crippen molar-refractivity contribution in [3.63, 3.8) is 0 Å². The van der Waals surface area contributed by atoms with E-state index in [1.165, 1.54) is 0 Å². The Bertz CT molecular complexity index is 228. The zero-order valence-electron chi connectivity index (χ0n) is 6.14. The van der Waals surface area contributed by atoms with Crippen molar-refractivity contribution in [3.8, 4) is 0 Å². The van der Waals surface area contributed by atoms with Crippen LogP contribution in [0.25, 0.3) is 0 Å². The molecule has 0 unspecified atom stereocenters. The van der Waals surface area contributed by atoms with Crippen LogP contribution in [0, 0.1) is 0 Å². The fourth-order valence-corrected chi connectivity index (χ4v) is 0.419. The smallest absolute Gasteiger partial charge is 0.286 e. The van der Waals surface area contributed by atoms with E-state index in [-0.39, 0.29) is 0 Å². The number of Topliss-reactive ketones (excluding diaryl/α,β-unsaturated/α-hetero) is 1. The van der Waals surface area contributed by atoms with Crippen molar-refractivity contribution in [1.82, 2.24) is 0 Å². The predicted molar refractivity (Wildman–Crippen MR) is 26.9 cm³/mol. The molecule has 1 nitrogen and oxygen atoms in total. The molecule has 0 spiro atoms. The maximum absolute atomic E-state index is 11.9. The van der Waals surface area contributed by atoms with E-state index >= 15 is 0 Å². The summed E-state index contributed by atoms with van der Waals surface area (Å²) >= 11 is 0. The Morgan fingerprint density at radius 3 is 1.50 bits per heavy atom. The van der Waals surface area contributed by atoms with E-state index in [4.69, 9.17) is 0 Å². The van der Waals surface area contributed by atoms with Crippen LogP contribution >= 0.6 is 0 Å². The third kappa shape index (κ3) is 2.13. The molecule has 0 aromatic carbocycles. The molecule has 0 saturated heterocycles. The first kappa shape index (κ1) is 13.1. The molecule has 84 valence electrons. The molecule has 0 aromatic rings. The monoisotopic (exact) mass is 230 g/mol. The second-order valence-corrected chi connectivity index (χ2v) is 2.24. The van der Waals surface area contributed by atoms with Crippen molar-refractivity contribution >= 4 is 5.78 Å². The van der Waals surface area contributed by atoms with Gasteiger partial charge in [-0.05, 0) is 0 Å². The fourth-order valence-electron chi connectivity index (χ4n) is 0.419. The first-order valence-corrected chi connectivity index (χ1v) is 2.90. The third-order valence-corrected chi connectivity index (χ3v) is 1.14. The average molecular weight is 230 g/mol. The van der Waals surface area contributed by atoms with Crippen LogP contribution in [0.5, 0.6) is 0 Å². The number of alkyl halides is 8. The van der Waals surface area contributed by atoms with Crippen molar-refractivity contribution in [2.24, 2.45) is 0 Å². The van der Waals surface area contributed by atoms with Gasteiger partial charge in [-0.25, -0.2) is 4.39 Å². The molecular weight excluding hydrogens is 228 g/mol. The molecule has 0 saturated carbocycles. The number of hydrogen-bond acceptors (Lipinski definition) is 1. The van der Waals surface area contributed by atoms with E-state index in [1.54, 1.807) is 0 Å². The topological polar surface area (TPSA) is 17.1 Å². The van der Waals surface area contributed by atoms with Gasteiger partial charge in [0.15, 0.2) is 6.67 Å². The van der Waals surface area contributed by atoms with Crippen LogP contribution in [-0.2, 0) is 4.79 Å². The minimum Gasteiger partial charge on any atom is -0.286 e. The van der Waals surface area contributed by atoms with E-state index in [9.17, 15) is 39.9 Å². The first-order valence-electron chi connectivity index (χ1n) is 2.90. The number of carbonyl (C=O) groups excluding carboxylic acids is 1. The lowest BCUT2D eigenvalue weighted by atomic mass is 10.1. The van der Waals surface area contributed by atoms with E-state index in [2.05, 4.69) is 0 Å². The van der Waals surface area contributed by atoms with Gasteiger partial charge in [-0.2, -0.15) is 30.7 Å². The standard InChI is InChI=1S/C5H2F8O/c6-1-3(7,8)2(14)4(9,10)5(11,12)13/h1H2. The summed E-state index contributed by atoms with van der Waals surface area (Å²) in [6.07, 6.45) is -6.46. The largest absolute Gasteiger partial charge is 0.461 e. The maximum Gasteiger partial charge on any atom is 0.461 e. The number of halogens is 8. The van der Waals surface area contributed by atoms with Gasteiger partial charge in [-0.15, -0.1) is 0 Å². The highest BCUT2D eigenvalue weighted by atomic mass is 19.4. The zero-order chi connectivity index (χ0) is 11.8. The van der Waals surface area contributed by atoms with E-state index < -0.39 is 30.5 Å². The quantitative estimate of drug-likeness (QED) is 0.680. The van der Waals surface area contributed by atoms with Crippen LogP contribution in [0.3, 0.4) is 0 Å². The molecular formula is C5H2F8O. The summed E-state index contributed by atoms with van der Waals surface area (Å²) in [6, 6.07) is 0. The van der Waals surface area contributed by atoms with Gasteiger partial charge in [0.25, 0.3) is 5.78 Å². The second kappa shape index (κ2) is 3.35. The fraction of sp³-hybridized carbons (Fsp3) is 0.800. The molecule has 0 fully saturated rings. The summed E-state index contributed by atoms with van der Waals surface area (Å²) in [5, 5.41) is 0. The molecule has 0 heterocycles. The summed E-state index contributed by atoms with van der Waals surface area (Å²) in [6.45, 7) is -2.91. The summed E-state index contributed by atoms with van der Waals surface area (Å²) in [7, 11) is 0. The number of rotatable bonds is 3. The van der Waals surface area contributed by atoms with Gasteiger partial charge in [0, 0.05) is 0 Å². The summed E-state index contributed by atoms with van der Waals surface area (Å²) in [4.78, 5) is 9.90. The number of ketones is 1. The Balaban J connectivity index is 5.05. The molecule has 0 aliphatic heterocycles. The van der Waals surface area contributed by atoms with Crippen molar-refractivity contribution < 1.29 is 39.9 Å². The van der Waals surface area contributed by atoms with Crippen LogP contribution in [0.15, 0.2) is 0 Å². The minimum atomic E-state index is -6.46. The SMILES string of the molecule is O=C(C(F)(F)CF)C(F)(F)C(F)(F)F. The summed E-state index contributed by atoms with van der Waals surface area (Å²) < 4.78 is 92.7. The molecule has 0 radical (unpaired) electrons. The lowest BCUT2D eigenvalue weighted by molar-refractivity contribution is -0.277. The van der Waals surface area contributed by atoms with Gasteiger partial charge in [-0.3, -0.25) is 4.79 Å².